The molecule has 3 N–H and O–H groups in total. The van der Waals surface area contributed by atoms with Crippen LogP contribution in [0.3, 0.4) is 0 Å². The van der Waals surface area contributed by atoms with Crippen molar-refractivity contribution in [3.8, 4) is 11.5 Å². The van der Waals surface area contributed by atoms with Gasteiger partial charge in [-0.05, 0) is 50.2 Å². The molecule has 1 fully saturated rings. The number of aliphatic imine (C=N–C) groups is 1. The molecule has 6 heteroatoms. The first kappa shape index (κ1) is 21.1. The number of anilines is 1. The third-order valence-corrected chi connectivity index (χ3v) is 5.16. The van der Waals surface area contributed by atoms with E-state index in [4.69, 9.17) is 10.5 Å². The Balaban J connectivity index is 1.37. The molecule has 2 aromatic rings. The molecule has 156 valence electrons. The summed E-state index contributed by atoms with van der Waals surface area (Å²) in [5, 5.41) is 3.15. The van der Waals surface area contributed by atoms with E-state index in [1.165, 1.54) is 26.2 Å². The minimum atomic E-state index is 0.443. The van der Waals surface area contributed by atoms with E-state index in [-0.39, 0.29) is 0 Å². The second-order valence-electron chi connectivity index (χ2n) is 7.32. The quantitative estimate of drug-likeness (QED) is 0.386. The van der Waals surface area contributed by atoms with E-state index < -0.39 is 0 Å². The molecule has 0 saturated carbocycles. The fraction of sp³-hybridized carbons (Fsp3) is 0.435. The summed E-state index contributed by atoms with van der Waals surface area (Å²) >= 11 is 0. The average molecular weight is 396 g/mol. The zero-order chi connectivity index (χ0) is 20.3. The maximum absolute atomic E-state index is 6.05. The Morgan fingerprint density at radius 2 is 1.69 bits per heavy atom. The summed E-state index contributed by atoms with van der Waals surface area (Å²) in [5.41, 5.74) is 6.92. The van der Waals surface area contributed by atoms with Gasteiger partial charge in [0.2, 0.25) is 0 Å². The molecule has 0 unspecified atom stereocenters. The van der Waals surface area contributed by atoms with Crippen LogP contribution in [-0.2, 0) is 0 Å². The van der Waals surface area contributed by atoms with Crippen molar-refractivity contribution in [3.05, 3.63) is 54.6 Å². The number of hydrogen-bond acceptors (Lipinski definition) is 4. The molecule has 2 aromatic carbocycles. The summed E-state index contributed by atoms with van der Waals surface area (Å²) < 4.78 is 5.86. The Kier molecular flexibility index (Phi) is 8.34. The second-order valence-corrected chi connectivity index (χ2v) is 7.32. The molecule has 1 heterocycles. The third kappa shape index (κ3) is 7.40. The predicted molar refractivity (Wildman–Crippen MR) is 121 cm³/mol. The predicted octanol–water partition coefficient (Wildman–Crippen LogP) is 3.62. The van der Waals surface area contributed by atoms with E-state index in [2.05, 4.69) is 27.0 Å². The summed E-state index contributed by atoms with van der Waals surface area (Å²) in [6.45, 7) is 10.0. The van der Waals surface area contributed by atoms with Gasteiger partial charge in [0, 0.05) is 44.5 Å². The van der Waals surface area contributed by atoms with E-state index in [9.17, 15) is 0 Å². The molecular formula is C23H33N5O. The lowest BCUT2D eigenvalue weighted by Crippen LogP contribution is -2.46. The number of nitrogens with two attached hydrogens (primary N) is 1. The Morgan fingerprint density at radius 1 is 0.966 bits per heavy atom. The zero-order valence-electron chi connectivity index (χ0n) is 17.4. The van der Waals surface area contributed by atoms with E-state index in [1.54, 1.807) is 0 Å². The molecule has 0 aliphatic carbocycles. The van der Waals surface area contributed by atoms with Gasteiger partial charge in [-0.1, -0.05) is 31.2 Å². The number of piperazine rings is 1. The molecule has 0 aromatic heterocycles. The molecule has 0 bridgehead atoms. The first-order valence-corrected chi connectivity index (χ1v) is 10.6. The highest BCUT2D eigenvalue weighted by atomic mass is 16.5. The molecule has 1 aliphatic rings. The molecule has 6 nitrogen and oxygen atoms in total. The number of ether oxygens (including phenoxy) is 1. The Morgan fingerprint density at radius 3 is 2.45 bits per heavy atom. The van der Waals surface area contributed by atoms with Crippen LogP contribution < -0.4 is 15.8 Å². The maximum atomic E-state index is 6.05. The van der Waals surface area contributed by atoms with Crippen LogP contribution in [0, 0.1) is 0 Å². The first-order valence-electron chi connectivity index (χ1n) is 10.6. The highest BCUT2D eigenvalue weighted by Crippen LogP contribution is 2.23. The van der Waals surface area contributed by atoms with E-state index in [0.29, 0.717) is 5.96 Å². The number of nitrogens with zero attached hydrogens (tertiary/aromatic N) is 3. The maximum Gasteiger partial charge on any atom is 0.193 e. The van der Waals surface area contributed by atoms with Crippen LogP contribution in [-0.4, -0.2) is 61.6 Å². The highest BCUT2D eigenvalue weighted by Gasteiger charge is 2.14. The molecule has 0 radical (unpaired) electrons. The number of unbranched alkanes of at least 4 members (excludes halogenated alkanes) is 1. The van der Waals surface area contributed by atoms with Crippen molar-refractivity contribution < 1.29 is 4.74 Å². The van der Waals surface area contributed by atoms with Gasteiger partial charge in [0.05, 0.1) is 0 Å². The van der Waals surface area contributed by atoms with Gasteiger partial charge in [-0.3, -0.25) is 4.99 Å². The second kappa shape index (κ2) is 11.4. The largest absolute Gasteiger partial charge is 0.457 e. The van der Waals surface area contributed by atoms with Crippen molar-refractivity contribution in [2.45, 2.75) is 19.8 Å². The van der Waals surface area contributed by atoms with Crippen LogP contribution in [0.25, 0.3) is 0 Å². The third-order valence-electron chi connectivity index (χ3n) is 5.16. The van der Waals surface area contributed by atoms with Gasteiger partial charge in [-0.25, -0.2) is 0 Å². The first-order chi connectivity index (χ1) is 14.2. The number of benzene rings is 2. The van der Waals surface area contributed by atoms with Gasteiger partial charge in [-0.15, -0.1) is 0 Å². The minimum Gasteiger partial charge on any atom is -0.457 e. The van der Waals surface area contributed by atoms with Gasteiger partial charge in [0.15, 0.2) is 5.96 Å². The fourth-order valence-corrected chi connectivity index (χ4v) is 3.43. The molecule has 0 atom stereocenters. The van der Waals surface area contributed by atoms with E-state index in [0.717, 1.165) is 49.7 Å². The summed E-state index contributed by atoms with van der Waals surface area (Å²) in [7, 11) is 0. The standard InChI is InChI=1S/C23H33N5O/c1-2-27-15-17-28(18-16-27)14-7-6-13-25-23(24)26-20-9-8-12-22(19-20)29-21-10-4-3-5-11-21/h3-5,8-12,19H,2,6-7,13-18H2,1H3,(H3,24,25,26). The van der Waals surface area contributed by atoms with Crippen LogP contribution in [0.4, 0.5) is 5.69 Å². The molecule has 0 spiro atoms. The van der Waals surface area contributed by atoms with Crippen LogP contribution in [0.1, 0.15) is 19.8 Å². The van der Waals surface area contributed by atoms with Gasteiger partial charge in [0.25, 0.3) is 0 Å². The van der Waals surface area contributed by atoms with Gasteiger partial charge < -0.3 is 25.6 Å². The van der Waals surface area contributed by atoms with Crippen molar-refractivity contribution in [2.75, 3.05) is 51.1 Å². The number of likely N-dealkylation sites (N-methyl/N-ethyl adjacent to an activating group) is 1. The molecule has 3 rings (SSSR count). The molecule has 1 saturated heterocycles. The Bertz CT molecular complexity index is 757. The number of rotatable bonds is 9. The monoisotopic (exact) mass is 395 g/mol. The van der Waals surface area contributed by atoms with Crippen LogP contribution >= 0.6 is 0 Å². The Labute approximate surface area is 174 Å². The van der Waals surface area contributed by atoms with Crippen molar-refractivity contribution >= 4 is 11.6 Å². The lowest BCUT2D eigenvalue weighted by atomic mass is 10.2. The van der Waals surface area contributed by atoms with Gasteiger partial charge in [0.1, 0.15) is 11.5 Å². The van der Waals surface area contributed by atoms with Crippen molar-refractivity contribution in [3.63, 3.8) is 0 Å². The lowest BCUT2D eigenvalue weighted by Gasteiger charge is -2.33. The SMILES string of the molecule is CCN1CCN(CCCCN=C(N)Nc2cccc(Oc3ccccc3)c2)CC1. The summed E-state index contributed by atoms with van der Waals surface area (Å²) in [6.07, 6.45) is 2.21. The number of guanidine groups is 1. The molecule has 0 amide bonds. The highest BCUT2D eigenvalue weighted by molar-refractivity contribution is 5.92. The smallest absolute Gasteiger partial charge is 0.193 e. The normalized spacial score (nSPS) is 16.0. The summed E-state index contributed by atoms with van der Waals surface area (Å²) in [4.78, 5) is 9.52. The minimum absolute atomic E-state index is 0.443. The van der Waals surface area contributed by atoms with Crippen molar-refractivity contribution in [1.29, 1.82) is 0 Å². The summed E-state index contributed by atoms with van der Waals surface area (Å²) in [5.74, 6) is 2.01. The van der Waals surface area contributed by atoms with Gasteiger partial charge >= 0.3 is 0 Å². The van der Waals surface area contributed by atoms with Crippen molar-refractivity contribution in [2.24, 2.45) is 10.7 Å². The summed E-state index contributed by atoms with van der Waals surface area (Å²) in [6, 6.07) is 17.5. The molecular weight excluding hydrogens is 362 g/mol. The number of hydrogen-bond donors (Lipinski definition) is 2. The molecule has 1 aliphatic heterocycles. The van der Waals surface area contributed by atoms with E-state index >= 15 is 0 Å². The zero-order valence-corrected chi connectivity index (χ0v) is 17.4. The van der Waals surface area contributed by atoms with Gasteiger partial charge in [-0.2, -0.15) is 0 Å². The number of nitrogens with one attached hydrogen (secondary N) is 1. The average Bonchev–Trinajstić information content (AvgIpc) is 2.75. The van der Waals surface area contributed by atoms with Crippen LogP contribution in [0.5, 0.6) is 11.5 Å². The van der Waals surface area contributed by atoms with Crippen molar-refractivity contribution in [1.82, 2.24) is 9.80 Å². The lowest BCUT2D eigenvalue weighted by molar-refractivity contribution is 0.136. The van der Waals surface area contributed by atoms with E-state index in [1.807, 2.05) is 54.6 Å². The number of para-hydroxylation sites is 1. The molecule has 29 heavy (non-hydrogen) atoms. The fourth-order valence-electron chi connectivity index (χ4n) is 3.43. The van der Waals surface area contributed by atoms with Crippen LogP contribution in [0.15, 0.2) is 59.6 Å². The Hall–Kier alpha value is -2.57. The van der Waals surface area contributed by atoms with Crippen LogP contribution in [0.2, 0.25) is 0 Å². The topological polar surface area (TPSA) is 66.1 Å².